The smallest absolute Gasteiger partial charge is 0.335 e. The highest BCUT2D eigenvalue weighted by Gasteiger charge is 2.10. The van der Waals surface area contributed by atoms with E-state index in [4.69, 9.17) is 5.11 Å². The van der Waals surface area contributed by atoms with Crippen molar-refractivity contribution in [1.82, 2.24) is 4.98 Å². The summed E-state index contributed by atoms with van der Waals surface area (Å²) in [6, 6.07) is 11.4. The van der Waals surface area contributed by atoms with E-state index in [1.165, 1.54) is 23.5 Å². The van der Waals surface area contributed by atoms with Crippen LogP contribution >= 0.6 is 11.3 Å². The number of carboxylic acids is 1. The Morgan fingerprint density at radius 1 is 1.10 bits per heavy atom. The van der Waals surface area contributed by atoms with Gasteiger partial charge in [0.25, 0.3) is 5.91 Å². The summed E-state index contributed by atoms with van der Waals surface area (Å²) in [5.41, 5.74) is 3.66. The van der Waals surface area contributed by atoms with Crippen molar-refractivity contribution in [2.24, 2.45) is 0 Å². The molecular formula is C15H10N2O3S. The van der Waals surface area contributed by atoms with Crippen LogP contribution in [0.15, 0.2) is 48.0 Å². The van der Waals surface area contributed by atoms with E-state index in [9.17, 15) is 9.59 Å². The van der Waals surface area contributed by atoms with Crippen molar-refractivity contribution in [1.29, 1.82) is 0 Å². The lowest BCUT2D eigenvalue weighted by atomic mass is 10.1. The van der Waals surface area contributed by atoms with Gasteiger partial charge in [0.1, 0.15) is 0 Å². The molecule has 0 spiro atoms. The van der Waals surface area contributed by atoms with E-state index in [1.807, 2.05) is 12.1 Å². The van der Waals surface area contributed by atoms with Gasteiger partial charge in [-0.25, -0.2) is 9.78 Å². The second-order valence-electron chi connectivity index (χ2n) is 4.37. The summed E-state index contributed by atoms with van der Waals surface area (Å²) in [6.07, 6.45) is 0. The fraction of sp³-hybridized carbons (Fsp3) is 0. The van der Waals surface area contributed by atoms with Crippen molar-refractivity contribution in [3.8, 4) is 0 Å². The SMILES string of the molecule is O=C(O)c1cccc(C(=O)Nc2ccc3ncsc3c2)c1. The number of fused-ring (bicyclic) bond motifs is 1. The van der Waals surface area contributed by atoms with Crippen LogP contribution in [-0.4, -0.2) is 22.0 Å². The van der Waals surface area contributed by atoms with E-state index in [2.05, 4.69) is 10.3 Å². The first-order valence-electron chi connectivity index (χ1n) is 6.11. The van der Waals surface area contributed by atoms with Gasteiger partial charge in [0.05, 0.1) is 21.3 Å². The number of carbonyl (C=O) groups is 2. The van der Waals surface area contributed by atoms with Crippen molar-refractivity contribution in [2.45, 2.75) is 0 Å². The summed E-state index contributed by atoms with van der Waals surface area (Å²) in [5, 5.41) is 11.7. The number of rotatable bonds is 3. The van der Waals surface area contributed by atoms with Crippen molar-refractivity contribution >= 4 is 39.1 Å². The van der Waals surface area contributed by atoms with Gasteiger partial charge in [0, 0.05) is 11.3 Å². The lowest BCUT2D eigenvalue weighted by Crippen LogP contribution is -2.12. The normalized spacial score (nSPS) is 10.5. The monoisotopic (exact) mass is 298 g/mol. The molecule has 0 atom stereocenters. The van der Waals surface area contributed by atoms with Crippen LogP contribution in [0.5, 0.6) is 0 Å². The third-order valence-electron chi connectivity index (χ3n) is 2.96. The van der Waals surface area contributed by atoms with E-state index >= 15 is 0 Å². The van der Waals surface area contributed by atoms with Gasteiger partial charge in [0.15, 0.2) is 0 Å². The van der Waals surface area contributed by atoms with Gasteiger partial charge in [-0.15, -0.1) is 11.3 Å². The molecule has 0 radical (unpaired) electrons. The Bertz CT molecular complexity index is 842. The first kappa shape index (κ1) is 13.3. The van der Waals surface area contributed by atoms with Crippen LogP contribution in [0.1, 0.15) is 20.7 Å². The first-order valence-corrected chi connectivity index (χ1v) is 6.99. The minimum absolute atomic E-state index is 0.0839. The van der Waals surface area contributed by atoms with Gasteiger partial charge >= 0.3 is 5.97 Å². The van der Waals surface area contributed by atoms with Crippen molar-refractivity contribution in [2.75, 3.05) is 5.32 Å². The number of carbonyl (C=O) groups excluding carboxylic acids is 1. The minimum atomic E-state index is -1.06. The molecule has 2 N–H and O–H groups in total. The van der Waals surface area contributed by atoms with Crippen LogP contribution in [0.4, 0.5) is 5.69 Å². The molecule has 0 unspecified atom stereocenters. The van der Waals surface area contributed by atoms with E-state index in [0.717, 1.165) is 10.2 Å². The number of hydrogen-bond acceptors (Lipinski definition) is 4. The summed E-state index contributed by atoms with van der Waals surface area (Å²) in [5.74, 6) is -1.40. The maximum Gasteiger partial charge on any atom is 0.335 e. The molecular weight excluding hydrogens is 288 g/mol. The Balaban J connectivity index is 1.85. The lowest BCUT2D eigenvalue weighted by Gasteiger charge is -2.06. The Hall–Kier alpha value is -2.73. The second kappa shape index (κ2) is 5.34. The van der Waals surface area contributed by atoms with Crippen LogP contribution in [0.2, 0.25) is 0 Å². The minimum Gasteiger partial charge on any atom is -0.478 e. The van der Waals surface area contributed by atoms with Gasteiger partial charge in [-0.3, -0.25) is 4.79 Å². The predicted molar refractivity (Wildman–Crippen MR) is 81.0 cm³/mol. The molecule has 3 rings (SSSR count). The number of aromatic nitrogens is 1. The van der Waals surface area contributed by atoms with E-state index < -0.39 is 5.97 Å². The molecule has 0 aliphatic rings. The number of benzene rings is 2. The fourth-order valence-corrected chi connectivity index (χ4v) is 2.65. The zero-order valence-electron chi connectivity index (χ0n) is 10.7. The van der Waals surface area contributed by atoms with Crippen molar-refractivity contribution in [3.63, 3.8) is 0 Å². The molecule has 5 nitrogen and oxygen atoms in total. The molecule has 21 heavy (non-hydrogen) atoms. The predicted octanol–water partition coefficient (Wildman–Crippen LogP) is 3.25. The van der Waals surface area contributed by atoms with Gasteiger partial charge in [-0.05, 0) is 36.4 Å². The number of amides is 1. The van der Waals surface area contributed by atoms with Crippen LogP contribution in [0, 0.1) is 0 Å². The Kier molecular flexibility index (Phi) is 3.37. The Morgan fingerprint density at radius 2 is 1.90 bits per heavy atom. The highest BCUT2D eigenvalue weighted by molar-refractivity contribution is 7.16. The second-order valence-corrected chi connectivity index (χ2v) is 5.26. The first-order chi connectivity index (χ1) is 10.1. The molecule has 0 aliphatic heterocycles. The summed E-state index contributed by atoms with van der Waals surface area (Å²) in [7, 11) is 0. The van der Waals surface area contributed by atoms with Crippen LogP contribution in [-0.2, 0) is 0 Å². The largest absolute Gasteiger partial charge is 0.478 e. The molecule has 3 aromatic rings. The summed E-state index contributed by atoms with van der Waals surface area (Å²) in [6.45, 7) is 0. The maximum absolute atomic E-state index is 12.1. The quantitative estimate of drug-likeness (QED) is 0.778. The number of nitrogens with zero attached hydrogens (tertiary/aromatic N) is 1. The number of carboxylic acid groups (broad SMARTS) is 1. The highest BCUT2D eigenvalue weighted by atomic mass is 32.1. The fourth-order valence-electron chi connectivity index (χ4n) is 1.93. The lowest BCUT2D eigenvalue weighted by molar-refractivity contribution is 0.0697. The molecule has 2 aromatic carbocycles. The Labute approximate surface area is 123 Å². The van der Waals surface area contributed by atoms with E-state index in [-0.39, 0.29) is 11.5 Å². The van der Waals surface area contributed by atoms with Crippen LogP contribution < -0.4 is 5.32 Å². The third-order valence-corrected chi connectivity index (χ3v) is 3.75. The summed E-state index contributed by atoms with van der Waals surface area (Å²) < 4.78 is 0.979. The van der Waals surface area contributed by atoms with Crippen LogP contribution in [0.3, 0.4) is 0 Å². The maximum atomic E-state index is 12.1. The highest BCUT2D eigenvalue weighted by Crippen LogP contribution is 2.22. The van der Waals surface area contributed by atoms with Gasteiger partial charge in [-0.1, -0.05) is 6.07 Å². The molecule has 104 valence electrons. The molecule has 1 heterocycles. The average Bonchev–Trinajstić information content (AvgIpc) is 2.95. The molecule has 1 aromatic heterocycles. The van der Waals surface area contributed by atoms with Crippen molar-refractivity contribution in [3.05, 3.63) is 59.1 Å². The molecule has 0 saturated carbocycles. The van der Waals surface area contributed by atoms with E-state index in [1.54, 1.807) is 23.7 Å². The number of aromatic carboxylic acids is 1. The number of nitrogens with one attached hydrogen (secondary N) is 1. The third kappa shape index (κ3) is 2.75. The summed E-state index contributed by atoms with van der Waals surface area (Å²) in [4.78, 5) is 27.2. The van der Waals surface area contributed by atoms with Gasteiger partial charge in [-0.2, -0.15) is 0 Å². The molecule has 1 amide bonds. The van der Waals surface area contributed by atoms with E-state index in [0.29, 0.717) is 11.3 Å². The summed E-state index contributed by atoms with van der Waals surface area (Å²) >= 11 is 1.49. The average molecular weight is 298 g/mol. The number of thiazole rings is 1. The zero-order valence-corrected chi connectivity index (χ0v) is 11.6. The standard InChI is InChI=1S/C15H10N2O3S/c18-14(9-2-1-3-10(6-9)15(19)20)17-11-4-5-12-13(7-11)21-8-16-12/h1-8H,(H,17,18)(H,19,20). The molecule has 0 saturated heterocycles. The zero-order chi connectivity index (χ0) is 14.8. The number of anilines is 1. The van der Waals surface area contributed by atoms with Crippen molar-refractivity contribution < 1.29 is 14.7 Å². The molecule has 6 heteroatoms. The topological polar surface area (TPSA) is 79.3 Å². The van der Waals surface area contributed by atoms with Gasteiger partial charge in [0.2, 0.25) is 0 Å². The number of hydrogen-bond donors (Lipinski definition) is 2. The van der Waals surface area contributed by atoms with Gasteiger partial charge < -0.3 is 10.4 Å². The van der Waals surface area contributed by atoms with Crippen LogP contribution in [0.25, 0.3) is 10.2 Å². The molecule has 0 fully saturated rings. The Morgan fingerprint density at radius 3 is 2.71 bits per heavy atom. The molecule has 0 bridgehead atoms. The molecule has 0 aliphatic carbocycles.